The number of benzene rings is 1. The molecule has 0 spiro atoms. The van der Waals surface area contributed by atoms with Crippen molar-refractivity contribution < 1.29 is 9.47 Å². The predicted molar refractivity (Wildman–Crippen MR) is 67.6 cm³/mol. The smallest absolute Gasteiger partial charge is 0.183 e. The fourth-order valence-corrected chi connectivity index (χ4v) is 1.63. The van der Waals surface area contributed by atoms with Gasteiger partial charge in [-0.1, -0.05) is 36.4 Å². The zero-order valence-corrected chi connectivity index (χ0v) is 10.4. The van der Waals surface area contributed by atoms with Crippen LogP contribution in [0.5, 0.6) is 0 Å². The van der Waals surface area contributed by atoms with Gasteiger partial charge in [-0.2, -0.15) is 0 Å². The van der Waals surface area contributed by atoms with Crippen molar-refractivity contribution in [1.82, 2.24) is 0 Å². The van der Waals surface area contributed by atoms with Gasteiger partial charge in [-0.05, 0) is 12.0 Å². The van der Waals surface area contributed by atoms with Crippen LogP contribution in [0.3, 0.4) is 0 Å². The van der Waals surface area contributed by atoms with Gasteiger partial charge in [0.2, 0.25) is 0 Å². The maximum Gasteiger partial charge on any atom is 0.183 e. The number of ether oxygens (including phenoxy) is 2. The highest BCUT2D eigenvalue weighted by Crippen LogP contribution is 2.22. The topological polar surface area (TPSA) is 18.5 Å². The van der Waals surface area contributed by atoms with Crippen LogP contribution in [0.2, 0.25) is 0 Å². The SMILES string of the molecule is COC(OC)c1ccccc1C=CCCCl. The summed E-state index contributed by atoms with van der Waals surface area (Å²) in [5, 5.41) is 0. The van der Waals surface area contributed by atoms with Gasteiger partial charge in [0.15, 0.2) is 6.29 Å². The first-order valence-corrected chi connectivity index (χ1v) is 5.74. The minimum Gasteiger partial charge on any atom is -0.352 e. The van der Waals surface area contributed by atoms with E-state index in [0.29, 0.717) is 5.88 Å². The Morgan fingerprint density at radius 2 is 1.94 bits per heavy atom. The average Bonchev–Trinajstić information content (AvgIpc) is 2.33. The lowest BCUT2D eigenvalue weighted by molar-refractivity contribution is -0.106. The molecule has 0 amide bonds. The van der Waals surface area contributed by atoms with E-state index in [-0.39, 0.29) is 6.29 Å². The minimum absolute atomic E-state index is 0.322. The molecule has 2 nitrogen and oxygen atoms in total. The largest absolute Gasteiger partial charge is 0.352 e. The molecular weight excluding hydrogens is 224 g/mol. The Morgan fingerprint density at radius 3 is 2.56 bits per heavy atom. The number of halogens is 1. The number of hydrogen-bond donors (Lipinski definition) is 0. The molecule has 0 bridgehead atoms. The zero-order chi connectivity index (χ0) is 11.8. The molecule has 0 aliphatic carbocycles. The normalized spacial score (nSPS) is 11.5. The second-order valence-corrected chi connectivity index (χ2v) is 3.69. The number of allylic oxidation sites excluding steroid dienone is 1. The summed E-state index contributed by atoms with van der Waals surface area (Å²) in [6, 6.07) is 7.99. The van der Waals surface area contributed by atoms with Crippen LogP contribution >= 0.6 is 11.6 Å². The van der Waals surface area contributed by atoms with E-state index in [0.717, 1.165) is 17.5 Å². The monoisotopic (exact) mass is 240 g/mol. The molecule has 0 aliphatic heterocycles. The van der Waals surface area contributed by atoms with Crippen molar-refractivity contribution in [3.8, 4) is 0 Å². The van der Waals surface area contributed by atoms with Gasteiger partial charge in [0, 0.05) is 25.7 Å². The van der Waals surface area contributed by atoms with Gasteiger partial charge < -0.3 is 9.47 Å². The van der Waals surface area contributed by atoms with Gasteiger partial charge in [-0.25, -0.2) is 0 Å². The van der Waals surface area contributed by atoms with Crippen molar-refractivity contribution in [1.29, 1.82) is 0 Å². The number of alkyl halides is 1. The molecule has 0 fully saturated rings. The molecule has 88 valence electrons. The molecule has 0 saturated carbocycles. The predicted octanol–water partition coefficient (Wildman–Crippen LogP) is 3.62. The number of methoxy groups -OCH3 is 2. The molecule has 1 aromatic rings. The van der Waals surface area contributed by atoms with Crippen molar-refractivity contribution in [2.24, 2.45) is 0 Å². The summed E-state index contributed by atoms with van der Waals surface area (Å²) in [6.45, 7) is 0. The maximum atomic E-state index is 5.62. The highest BCUT2D eigenvalue weighted by molar-refractivity contribution is 6.17. The summed E-state index contributed by atoms with van der Waals surface area (Å²) in [7, 11) is 3.26. The van der Waals surface area contributed by atoms with Gasteiger partial charge >= 0.3 is 0 Å². The average molecular weight is 241 g/mol. The summed E-state index contributed by atoms with van der Waals surface area (Å²) in [4.78, 5) is 0. The molecule has 16 heavy (non-hydrogen) atoms. The zero-order valence-electron chi connectivity index (χ0n) is 9.65. The van der Waals surface area contributed by atoms with Crippen molar-refractivity contribution in [2.45, 2.75) is 12.7 Å². The third-order valence-electron chi connectivity index (χ3n) is 2.25. The van der Waals surface area contributed by atoms with E-state index in [1.165, 1.54) is 0 Å². The molecule has 0 aliphatic rings. The summed E-state index contributed by atoms with van der Waals surface area (Å²) in [5.74, 6) is 0.636. The van der Waals surface area contributed by atoms with Gasteiger partial charge in [0.05, 0.1) is 0 Å². The lowest BCUT2D eigenvalue weighted by atomic mass is 10.1. The van der Waals surface area contributed by atoms with E-state index in [1.54, 1.807) is 14.2 Å². The number of rotatable bonds is 6. The van der Waals surface area contributed by atoms with Crippen LogP contribution in [0.25, 0.3) is 6.08 Å². The summed E-state index contributed by atoms with van der Waals surface area (Å²) >= 11 is 5.62. The fourth-order valence-electron chi connectivity index (χ4n) is 1.50. The van der Waals surface area contributed by atoms with Crippen LogP contribution in [0, 0.1) is 0 Å². The van der Waals surface area contributed by atoms with E-state index in [1.807, 2.05) is 36.4 Å². The Bertz CT molecular complexity index is 332. The highest BCUT2D eigenvalue weighted by atomic mass is 35.5. The van der Waals surface area contributed by atoms with Gasteiger partial charge in [-0.15, -0.1) is 11.6 Å². The molecule has 3 heteroatoms. The summed E-state index contributed by atoms with van der Waals surface area (Å²) in [6.07, 6.45) is 4.63. The molecule has 0 aromatic heterocycles. The molecule has 0 saturated heterocycles. The van der Waals surface area contributed by atoms with E-state index >= 15 is 0 Å². The van der Waals surface area contributed by atoms with Crippen LogP contribution in [0.15, 0.2) is 30.3 Å². The third kappa shape index (κ3) is 3.63. The van der Waals surface area contributed by atoms with Crippen molar-refractivity contribution in [2.75, 3.05) is 20.1 Å². The Labute approximate surface area is 102 Å². The molecule has 0 unspecified atom stereocenters. The lowest BCUT2D eigenvalue weighted by Gasteiger charge is -2.15. The Morgan fingerprint density at radius 1 is 1.25 bits per heavy atom. The second-order valence-electron chi connectivity index (χ2n) is 3.31. The molecule has 1 aromatic carbocycles. The van der Waals surface area contributed by atoms with Gasteiger partial charge in [0.1, 0.15) is 0 Å². The van der Waals surface area contributed by atoms with Crippen molar-refractivity contribution in [3.63, 3.8) is 0 Å². The minimum atomic E-state index is -0.322. The van der Waals surface area contributed by atoms with E-state index in [9.17, 15) is 0 Å². The number of hydrogen-bond acceptors (Lipinski definition) is 2. The first-order valence-electron chi connectivity index (χ1n) is 5.20. The van der Waals surface area contributed by atoms with Crippen LogP contribution in [-0.2, 0) is 9.47 Å². The third-order valence-corrected chi connectivity index (χ3v) is 2.47. The second kappa shape index (κ2) is 7.44. The molecule has 1 rings (SSSR count). The van der Waals surface area contributed by atoms with E-state index < -0.39 is 0 Å². The summed E-state index contributed by atoms with van der Waals surface area (Å²) in [5.41, 5.74) is 2.12. The Hall–Kier alpha value is -0.830. The lowest BCUT2D eigenvalue weighted by Crippen LogP contribution is -2.05. The van der Waals surface area contributed by atoms with Gasteiger partial charge in [0.25, 0.3) is 0 Å². The molecule has 0 N–H and O–H groups in total. The van der Waals surface area contributed by atoms with Crippen LogP contribution in [-0.4, -0.2) is 20.1 Å². The highest BCUT2D eigenvalue weighted by Gasteiger charge is 2.11. The fraction of sp³-hybridized carbons (Fsp3) is 0.385. The first-order chi connectivity index (χ1) is 7.83. The standard InChI is InChI=1S/C13H17ClO2/c1-15-13(16-2)12-9-4-3-7-11(12)8-5-6-10-14/h3-5,7-9,13H,6,10H2,1-2H3. The van der Waals surface area contributed by atoms with E-state index in [2.05, 4.69) is 0 Å². The van der Waals surface area contributed by atoms with Crippen molar-refractivity contribution >= 4 is 17.7 Å². The van der Waals surface area contributed by atoms with Crippen LogP contribution in [0.4, 0.5) is 0 Å². The van der Waals surface area contributed by atoms with Crippen LogP contribution in [0.1, 0.15) is 23.8 Å². The molecular formula is C13H17ClO2. The Kier molecular flexibility index (Phi) is 6.16. The first kappa shape index (κ1) is 13.2. The molecule has 0 atom stereocenters. The maximum absolute atomic E-state index is 5.62. The van der Waals surface area contributed by atoms with E-state index in [4.69, 9.17) is 21.1 Å². The molecule has 0 heterocycles. The summed E-state index contributed by atoms with van der Waals surface area (Å²) < 4.78 is 10.5. The molecule has 0 radical (unpaired) electrons. The van der Waals surface area contributed by atoms with Crippen molar-refractivity contribution in [3.05, 3.63) is 41.5 Å². The van der Waals surface area contributed by atoms with Crippen LogP contribution < -0.4 is 0 Å². The van der Waals surface area contributed by atoms with Gasteiger partial charge in [-0.3, -0.25) is 0 Å². The Balaban J connectivity index is 2.90. The quantitative estimate of drug-likeness (QED) is 0.559.